The van der Waals surface area contributed by atoms with Gasteiger partial charge in [-0.3, -0.25) is 0 Å². The van der Waals surface area contributed by atoms with Gasteiger partial charge in [0.05, 0.1) is 0 Å². The number of allylic oxidation sites excluding steroid dienone is 1. The summed E-state index contributed by atoms with van der Waals surface area (Å²) in [5.41, 5.74) is 1.32. The highest BCUT2D eigenvalue weighted by atomic mass is 14.1. The van der Waals surface area contributed by atoms with E-state index in [1.165, 1.54) is 31.3 Å². The van der Waals surface area contributed by atoms with E-state index < -0.39 is 0 Å². The highest BCUT2D eigenvalue weighted by Crippen LogP contribution is 2.15. The van der Waals surface area contributed by atoms with Gasteiger partial charge in [-0.05, 0) is 19.3 Å². The van der Waals surface area contributed by atoms with E-state index in [4.69, 9.17) is 0 Å². The fourth-order valence-corrected chi connectivity index (χ4v) is 1.25. The van der Waals surface area contributed by atoms with Crippen LogP contribution in [0.3, 0.4) is 0 Å². The third-order valence-electron chi connectivity index (χ3n) is 1.75. The molecule has 0 aromatic heterocycles. The fraction of sp³-hybridized carbons (Fsp3) is 0.800. The molecular formula is C10H20. The zero-order valence-corrected chi connectivity index (χ0v) is 7.61. The minimum Gasteiger partial charge on any atom is -0.100 e. The van der Waals surface area contributed by atoms with Crippen molar-refractivity contribution >= 4 is 0 Å². The first-order valence-corrected chi connectivity index (χ1v) is 4.31. The number of hydrogen-bond donors (Lipinski definition) is 0. The molecule has 0 heteroatoms. The second kappa shape index (κ2) is 5.52. The van der Waals surface area contributed by atoms with E-state index in [9.17, 15) is 0 Å². The molecule has 0 spiro atoms. The molecule has 10 heavy (non-hydrogen) atoms. The van der Waals surface area contributed by atoms with Crippen LogP contribution in [0, 0.1) is 5.92 Å². The molecule has 0 amide bonds. The minimum atomic E-state index is 0.845. The summed E-state index contributed by atoms with van der Waals surface area (Å²) >= 11 is 0. The maximum atomic E-state index is 3.90. The van der Waals surface area contributed by atoms with Gasteiger partial charge in [-0.15, -0.1) is 6.58 Å². The van der Waals surface area contributed by atoms with Crippen molar-refractivity contribution in [3.63, 3.8) is 0 Å². The maximum absolute atomic E-state index is 3.90. The zero-order chi connectivity index (χ0) is 7.98. The largest absolute Gasteiger partial charge is 0.100 e. The lowest BCUT2D eigenvalue weighted by Crippen LogP contribution is -1.94. The van der Waals surface area contributed by atoms with Gasteiger partial charge in [0, 0.05) is 0 Å². The van der Waals surface area contributed by atoms with Gasteiger partial charge in [0.25, 0.3) is 0 Å². The Balaban J connectivity index is 3.25. The average molecular weight is 140 g/mol. The second-order valence-corrected chi connectivity index (χ2v) is 3.41. The molecule has 0 saturated carbocycles. The van der Waals surface area contributed by atoms with E-state index in [2.05, 4.69) is 27.4 Å². The third kappa shape index (κ3) is 5.87. The van der Waals surface area contributed by atoms with E-state index in [0.29, 0.717) is 0 Å². The summed E-state index contributed by atoms with van der Waals surface area (Å²) in [6.07, 6.45) is 5.26. The first kappa shape index (κ1) is 9.74. The van der Waals surface area contributed by atoms with Gasteiger partial charge in [-0.2, -0.15) is 0 Å². The Morgan fingerprint density at radius 3 is 2.50 bits per heavy atom. The van der Waals surface area contributed by atoms with Crippen molar-refractivity contribution in [2.24, 2.45) is 5.92 Å². The van der Waals surface area contributed by atoms with Crippen LogP contribution in [-0.4, -0.2) is 0 Å². The minimum absolute atomic E-state index is 0.845. The van der Waals surface area contributed by atoms with Gasteiger partial charge in [0.1, 0.15) is 0 Å². The fourth-order valence-electron chi connectivity index (χ4n) is 1.25. The van der Waals surface area contributed by atoms with Gasteiger partial charge in [0.15, 0.2) is 0 Å². The van der Waals surface area contributed by atoms with Crippen LogP contribution in [0.5, 0.6) is 0 Å². The van der Waals surface area contributed by atoms with Crippen molar-refractivity contribution in [3.05, 3.63) is 12.2 Å². The topological polar surface area (TPSA) is 0 Å². The summed E-state index contributed by atoms with van der Waals surface area (Å²) in [5, 5.41) is 0. The van der Waals surface area contributed by atoms with Crippen LogP contribution in [0.15, 0.2) is 12.2 Å². The van der Waals surface area contributed by atoms with Crippen LogP contribution in [0.1, 0.15) is 46.5 Å². The number of unbranched alkanes of at least 4 members (excludes halogenated alkanes) is 1. The Hall–Kier alpha value is -0.260. The third-order valence-corrected chi connectivity index (χ3v) is 1.75. The van der Waals surface area contributed by atoms with Crippen LogP contribution >= 0.6 is 0 Å². The van der Waals surface area contributed by atoms with Crippen molar-refractivity contribution in [1.29, 1.82) is 0 Å². The second-order valence-electron chi connectivity index (χ2n) is 3.41. The van der Waals surface area contributed by atoms with Gasteiger partial charge >= 0.3 is 0 Å². The summed E-state index contributed by atoms with van der Waals surface area (Å²) in [5.74, 6) is 0.845. The first-order chi connectivity index (χ1) is 4.66. The Morgan fingerprint density at radius 2 is 2.10 bits per heavy atom. The molecule has 0 aromatic rings. The Bertz CT molecular complexity index is 92.2. The molecular weight excluding hydrogens is 120 g/mol. The van der Waals surface area contributed by atoms with E-state index in [-0.39, 0.29) is 0 Å². The Morgan fingerprint density at radius 1 is 1.50 bits per heavy atom. The molecule has 0 aliphatic heterocycles. The van der Waals surface area contributed by atoms with Gasteiger partial charge < -0.3 is 0 Å². The summed E-state index contributed by atoms with van der Waals surface area (Å²) in [6, 6.07) is 0. The summed E-state index contributed by atoms with van der Waals surface area (Å²) in [6.45, 7) is 10.6. The van der Waals surface area contributed by atoms with Crippen LogP contribution in [0.4, 0.5) is 0 Å². The predicted octanol–water partition coefficient (Wildman–Crippen LogP) is 3.78. The van der Waals surface area contributed by atoms with Crippen molar-refractivity contribution in [3.8, 4) is 0 Å². The molecule has 0 fully saturated rings. The van der Waals surface area contributed by atoms with Gasteiger partial charge in [-0.1, -0.05) is 38.7 Å². The maximum Gasteiger partial charge on any atom is -0.0300 e. The molecule has 0 aliphatic rings. The lowest BCUT2D eigenvalue weighted by atomic mass is 9.97. The SMILES string of the molecule is C=C(C)C[C@H](C)CCCC. The normalized spacial score (nSPS) is 13.1. The predicted molar refractivity (Wildman–Crippen MR) is 48.1 cm³/mol. The molecule has 0 radical (unpaired) electrons. The van der Waals surface area contributed by atoms with Crippen molar-refractivity contribution in [1.82, 2.24) is 0 Å². The molecule has 1 atom stereocenters. The van der Waals surface area contributed by atoms with Crippen LogP contribution in [0.25, 0.3) is 0 Å². The zero-order valence-electron chi connectivity index (χ0n) is 7.61. The highest BCUT2D eigenvalue weighted by Gasteiger charge is 1.99. The van der Waals surface area contributed by atoms with Crippen LogP contribution < -0.4 is 0 Å². The van der Waals surface area contributed by atoms with E-state index in [1.807, 2.05) is 0 Å². The number of rotatable bonds is 5. The average Bonchev–Trinajstić information content (AvgIpc) is 1.82. The Kier molecular flexibility index (Phi) is 5.38. The quantitative estimate of drug-likeness (QED) is 0.510. The van der Waals surface area contributed by atoms with Gasteiger partial charge in [0.2, 0.25) is 0 Å². The van der Waals surface area contributed by atoms with Gasteiger partial charge in [-0.25, -0.2) is 0 Å². The molecule has 0 nitrogen and oxygen atoms in total. The molecule has 0 rings (SSSR count). The molecule has 0 heterocycles. The standard InChI is InChI=1S/C10H20/c1-5-6-7-10(4)8-9(2)3/h10H,2,5-8H2,1,3-4H3/t10-/m1/s1. The Labute approximate surface area is 65.3 Å². The van der Waals surface area contributed by atoms with Crippen molar-refractivity contribution in [2.75, 3.05) is 0 Å². The van der Waals surface area contributed by atoms with Crippen molar-refractivity contribution < 1.29 is 0 Å². The summed E-state index contributed by atoms with van der Waals surface area (Å²) in [7, 11) is 0. The van der Waals surface area contributed by atoms with E-state index >= 15 is 0 Å². The lowest BCUT2D eigenvalue weighted by molar-refractivity contribution is 0.502. The smallest absolute Gasteiger partial charge is 0.0300 e. The summed E-state index contributed by atoms with van der Waals surface area (Å²) in [4.78, 5) is 0. The highest BCUT2D eigenvalue weighted by molar-refractivity contribution is 4.89. The molecule has 0 aliphatic carbocycles. The molecule has 0 N–H and O–H groups in total. The van der Waals surface area contributed by atoms with Crippen LogP contribution in [0.2, 0.25) is 0 Å². The molecule has 0 saturated heterocycles. The lowest BCUT2D eigenvalue weighted by Gasteiger charge is -2.09. The van der Waals surface area contributed by atoms with E-state index in [0.717, 1.165) is 5.92 Å². The van der Waals surface area contributed by atoms with Crippen LogP contribution in [-0.2, 0) is 0 Å². The van der Waals surface area contributed by atoms with Crippen molar-refractivity contribution in [2.45, 2.75) is 46.5 Å². The monoisotopic (exact) mass is 140 g/mol. The van der Waals surface area contributed by atoms with E-state index in [1.54, 1.807) is 0 Å². The summed E-state index contributed by atoms with van der Waals surface area (Å²) < 4.78 is 0. The first-order valence-electron chi connectivity index (χ1n) is 4.31. The molecule has 0 unspecified atom stereocenters. The molecule has 60 valence electrons. The molecule has 0 aromatic carbocycles. The number of hydrogen-bond acceptors (Lipinski definition) is 0. The molecule has 0 bridgehead atoms.